The van der Waals surface area contributed by atoms with Gasteiger partial charge in [-0.05, 0) is 37.8 Å². The van der Waals surface area contributed by atoms with Crippen LogP contribution in [0.2, 0.25) is 0 Å². The number of fused-ring (bicyclic) bond motifs is 1. The topological polar surface area (TPSA) is 64.1 Å². The molecule has 2 unspecified atom stereocenters. The Bertz CT molecular complexity index is 607. The molecule has 3 N–H and O–H groups in total. The van der Waals surface area contributed by atoms with Crippen molar-refractivity contribution in [3.05, 3.63) is 30.1 Å². The van der Waals surface area contributed by atoms with Crippen LogP contribution in [0.3, 0.4) is 0 Å². The van der Waals surface area contributed by atoms with E-state index in [-0.39, 0.29) is 6.61 Å². The third kappa shape index (κ3) is 2.23. The van der Waals surface area contributed by atoms with Gasteiger partial charge in [0.05, 0.1) is 17.6 Å². The standard InChI is InChI=1S/C16H23N3O/c1-2-5-15-18-13-6-3-4-7-14(13)19(15)12-8-9-16(17,10-12)11-20/h3-4,6-7,12,20H,2,5,8-11,17H2,1H3. The summed E-state index contributed by atoms with van der Waals surface area (Å²) in [7, 11) is 0. The lowest BCUT2D eigenvalue weighted by Crippen LogP contribution is -2.40. The van der Waals surface area contributed by atoms with Gasteiger partial charge in [0, 0.05) is 18.0 Å². The zero-order chi connectivity index (χ0) is 14.2. The lowest BCUT2D eigenvalue weighted by molar-refractivity contribution is 0.196. The Kier molecular flexibility index (Phi) is 3.52. The highest BCUT2D eigenvalue weighted by Gasteiger charge is 2.37. The zero-order valence-corrected chi connectivity index (χ0v) is 12.0. The van der Waals surface area contributed by atoms with E-state index in [4.69, 9.17) is 10.7 Å². The smallest absolute Gasteiger partial charge is 0.110 e. The van der Waals surface area contributed by atoms with Crippen molar-refractivity contribution in [3.63, 3.8) is 0 Å². The van der Waals surface area contributed by atoms with Gasteiger partial charge in [0.25, 0.3) is 0 Å². The molecule has 4 heteroatoms. The van der Waals surface area contributed by atoms with E-state index in [9.17, 15) is 5.11 Å². The van der Waals surface area contributed by atoms with Crippen molar-refractivity contribution in [1.29, 1.82) is 0 Å². The van der Waals surface area contributed by atoms with Crippen molar-refractivity contribution in [2.75, 3.05) is 6.61 Å². The molecule has 0 saturated heterocycles. The first kappa shape index (κ1) is 13.6. The van der Waals surface area contributed by atoms with Crippen molar-refractivity contribution in [2.24, 2.45) is 5.73 Å². The molecule has 4 nitrogen and oxygen atoms in total. The van der Waals surface area contributed by atoms with Gasteiger partial charge in [0.15, 0.2) is 0 Å². The summed E-state index contributed by atoms with van der Waals surface area (Å²) in [6, 6.07) is 8.66. The predicted octanol–water partition coefficient (Wildman–Crippen LogP) is 2.40. The molecule has 1 aromatic heterocycles. The Hall–Kier alpha value is -1.39. The number of benzene rings is 1. The Morgan fingerprint density at radius 2 is 2.25 bits per heavy atom. The summed E-state index contributed by atoms with van der Waals surface area (Å²) in [5.41, 5.74) is 8.08. The minimum absolute atomic E-state index is 0.0687. The number of aliphatic hydroxyl groups is 1. The van der Waals surface area contributed by atoms with Crippen molar-refractivity contribution >= 4 is 11.0 Å². The number of nitrogens with zero attached hydrogens (tertiary/aromatic N) is 2. The van der Waals surface area contributed by atoms with Crippen molar-refractivity contribution in [2.45, 2.75) is 50.6 Å². The van der Waals surface area contributed by atoms with Gasteiger partial charge in [-0.15, -0.1) is 0 Å². The number of rotatable bonds is 4. The summed E-state index contributed by atoms with van der Waals surface area (Å²) in [6.07, 6.45) is 4.81. The molecule has 0 amide bonds. The molecule has 2 aromatic rings. The van der Waals surface area contributed by atoms with Gasteiger partial charge in [0.1, 0.15) is 5.82 Å². The van der Waals surface area contributed by atoms with Crippen LogP contribution >= 0.6 is 0 Å². The summed E-state index contributed by atoms with van der Waals surface area (Å²) in [4.78, 5) is 4.78. The average Bonchev–Trinajstić information content (AvgIpc) is 3.00. The SMILES string of the molecule is CCCc1nc2ccccc2n1C1CCC(N)(CO)C1. The fourth-order valence-electron chi connectivity index (χ4n) is 3.39. The third-order valence-electron chi connectivity index (χ3n) is 4.44. The first-order chi connectivity index (χ1) is 9.67. The van der Waals surface area contributed by atoms with Crippen LogP contribution in [-0.2, 0) is 6.42 Å². The molecule has 0 radical (unpaired) electrons. The predicted molar refractivity (Wildman–Crippen MR) is 80.6 cm³/mol. The van der Waals surface area contributed by atoms with Gasteiger partial charge in [-0.25, -0.2) is 4.98 Å². The van der Waals surface area contributed by atoms with E-state index in [1.54, 1.807) is 0 Å². The first-order valence-corrected chi connectivity index (χ1v) is 7.52. The van der Waals surface area contributed by atoms with E-state index >= 15 is 0 Å². The van der Waals surface area contributed by atoms with Gasteiger partial charge < -0.3 is 15.4 Å². The normalized spacial score (nSPS) is 26.4. The number of nitrogens with two attached hydrogens (primary N) is 1. The number of aliphatic hydroxyl groups excluding tert-OH is 1. The fourth-order valence-corrected chi connectivity index (χ4v) is 3.39. The molecular formula is C16H23N3O. The van der Waals surface area contributed by atoms with Gasteiger partial charge in [0.2, 0.25) is 0 Å². The molecule has 20 heavy (non-hydrogen) atoms. The molecule has 1 aliphatic rings. The minimum Gasteiger partial charge on any atom is -0.394 e. The van der Waals surface area contributed by atoms with E-state index in [0.29, 0.717) is 6.04 Å². The maximum absolute atomic E-state index is 9.48. The van der Waals surface area contributed by atoms with Crippen LogP contribution in [0.15, 0.2) is 24.3 Å². The highest BCUT2D eigenvalue weighted by Crippen LogP contribution is 2.38. The highest BCUT2D eigenvalue weighted by atomic mass is 16.3. The molecule has 108 valence electrons. The van der Waals surface area contributed by atoms with Crippen molar-refractivity contribution in [1.82, 2.24) is 9.55 Å². The van der Waals surface area contributed by atoms with Crippen LogP contribution in [-0.4, -0.2) is 26.8 Å². The zero-order valence-electron chi connectivity index (χ0n) is 12.0. The number of imidazole rings is 1. The Labute approximate surface area is 119 Å². The molecule has 1 saturated carbocycles. The van der Waals surface area contributed by atoms with Crippen molar-refractivity contribution in [3.8, 4) is 0 Å². The van der Waals surface area contributed by atoms with Crippen LogP contribution in [0.4, 0.5) is 0 Å². The van der Waals surface area contributed by atoms with E-state index in [0.717, 1.165) is 43.4 Å². The molecule has 2 atom stereocenters. The van der Waals surface area contributed by atoms with Crippen LogP contribution in [0, 0.1) is 0 Å². The fraction of sp³-hybridized carbons (Fsp3) is 0.562. The quantitative estimate of drug-likeness (QED) is 0.899. The number of hydrogen-bond donors (Lipinski definition) is 2. The monoisotopic (exact) mass is 273 g/mol. The molecule has 0 bridgehead atoms. The molecule has 1 fully saturated rings. The van der Waals surface area contributed by atoms with E-state index < -0.39 is 5.54 Å². The lowest BCUT2D eigenvalue weighted by Gasteiger charge is -2.22. The maximum atomic E-state index is 9.48. The van der Waals surface area contributed by atoms with Crippen LogP contribution in [0.25, 0.3) is 11.0 Å². The summed E-state index contributed by atoms with van der Waals surface area (Å²) < 4.78 is 2.36. The second-order valence-corrected chi connectivity index (χ2v) is 6.05. The van der Waals surface area contributed by atoms with Gasteiger partial charge in [-0.1, -0.05) is 19.1 Å². The molecule has 1 aliphatic carbocycles. The molecule has 1 aromatic carbocycles. The average molecular weight is 273 g/mol. The van der Waals surface area contributed by atoms with Gasteiger partial charge in [-0.3, -0.25) is 0 Å². The van der Waals surface area contributed by atoms with Crippen molar-refractivity contribution < 1.29 is 5.11 Å². The van der Waals surface area contributed by atoms with E-state index in [2.05, 4.69) is 29.7 Å². The second kappa shape index (κ2) is 5.19. The number of para-hydroxylation sites is 2. The summed E-state index contributed by atoms with van der Waals surface area (Å²) in [6.45, 7) is 2.25. The number of aromatic nitrogens is 2. The summed E-state index contributed by atoms with van der Waals surface area (Å²) >= 11 is 0. The Morgan fingerprint density at radius 1 is 1.45 bits per heavy atom. The molecule has 1 heterocycles. The Morgan fingerprint density at radius 3 is 2.95 bits per heavy atom. The summed E-state index contributed by atoms with van der Waals surface area (Å²) in [5.74, 6) is 1.15. The van der Waals surface area contributed by atoms with Crippen LogP contribution < -0.4 is 5.73 Å². The van der Waals surface area contributed by atoms with E-state index in [1.807, 2.05) is 6.07 Å². The molecule has 0 aliphatic heterocycles. The van der Waals surface area contributed by atoms with E-state index in [1.165, 1.54) is 5.52 Å². The highest BCUT2D eigenvalue weighted by molar-refractivity contribution is 5.76. The van der Waals surface area contributed by atoms with Crippen LogP contribution in [0.5, 0.6) is 0 Å². The number of hydrogen-bond acceptors (Lipinski definition) is 3. The maximum Gasteiger partial charge on any atom is 0.110 e. The van der Waals surface area contributed by atoms with Gasteiger partial charge >= 0.3 is 0 Å². The number of aryl methyl sites for hydroxylation is 1. The Balaban J connectivity index is 2.03. The molecule has 0 spiro atoms. The van der Waals surface area contributed by atoms with Crippen LogP contribution in [0.1, 0.15) is 44.5 Å². The third-order valence-corrected chi connectivity index (χ3v) is 4.44. The largest absolute Gasteiger partial charge is 0.394 e. The summed E-state index contributed by atoms with van der Waals surface area (Å²) in [5, 5.41) is 9.48. The lowest BCUT2D eigenvalue weighted by atomic mass is 10.0. The molecular weight excluding hydrogens is 250 g/mol. The second-order valence-electron chi connectivity index (χ2n) is 6.05. The first-order valence-electron chi connectivity index (χ1n) is 7.52. The minimum atomic E-state index is -0.417. The van der Waals surface area contributed by atoms with Gasteiger partial charge in [-0.2, -0.15) is 0 Å². The molecule has 3 rings (SSSR count).